The largest absolute Gasteiger partial charge is 0.504 e. The number of fused-ring (bicyclic) bond motifs is 1. The van der Waals surface area contributed by atoms with Crippen LogP contribution in [-0.2, 0) is 6.42 Å². The molecule has 24 heavy (non-hydrogen) atoms. The molecule has 0 spiro atoms. The number of phenols is 2. The van der Waals surface area contributed by atoms with Gasteiger partial charge in [0.2, 0.25) is 0 Å². The third-order valence-electron chi connectivity index (χ3n) is 4.40. The molecule has 0 fully saturated rings. The van der Waals surface area contributed by atoms with E-state index in [0.29, 0.717) is 10.4 Å². The molecule has 1 atom stereocenters. The molecule has 128 valence electrons. The lowest BCUT2D eigenvalue weighted by atomic mass is 9.98. The highest BCUT2D eigenvalue weighted by molar-refractivity contribution is 9.10. The molecule has 0 saturated heterocycles. The van der Waals surface area contributed by atoms with Crippen molar-refractivity contribution in [3.8, 4) is 11.5 Å². The van der Waals surface area contributed by atoms with Gasteiger partial charge >= 0.3 is 0 Å². The summed E-state index contributed by atoms with van der Waals surface area (Å²) in [6.45, 7) is 4.73. The summed E-state index contributed by atoms with van der Waals surface area (Å²) < 4.78 is 0.590. The number of rotatable bonds is 3. The molecule has 0 aromatic heterocycles. The average molecular weight is 455 g/mol. The van der Waals surface area contributed by atoms with Gasteiger partial charge in [0.15, 0.2) is 11.5 Å². The Hall–Kier alpha value is -1.46. The molecule has 0 amide bonds. The third-order valence-corrected chi connectivity index (χ3v) is 5.25. The first-order chi connectivity index (χ1) is 11.1. The highest BCUT2D eigenvalue weighted by atomic mass is 79.9. The molecule has 5 heteroatoms. The van der Waals surface area contributed by atoms with E-state index in [0.717, 1.165) is 42.7 Å². The van der Waals surface area contributed by atoms with Crippen molar-refractivity contribution in [1.82, 2.24) is 0 Å². The van der Waals surface area contributed by atoms with E-state index in [1.54, 1.807) is 6.07 Å². The summed E-state index contributed by atoms with van der Waals surface area (Å²) in [7, 11) is 0. The van der Waals surface area contributed by atoms with Gasteiger partial charge in [-0.3, -0.25) is 0 Å². The van der Waals surface area contributed by atoms with Gasteiger partial charge in [-0.15, -0.1) is 23.6 Å². The van der Waals surface area contributed by atoms with Crippen LogP contribution in [0, 0.1) is 5.92 Å². The van der Waals surface area contributed by atoms with Crippen LogP contribution in [0.5, 0.6) is 11.5 Å². The molecule has 2 aromatic rings. The van der Waals surface area contributed by atoms with Crippen molar-refractivity contribution in [1.29, 1.82) is 0 Å². The van der Waals surface area contributed by atoms with Crippen molar-refractivity contribution in [3.05, 3.63) is 59.1 Å². The van der Waals surface area contributed by atoms with E-state index < -0.39 is 0 Å². The van der Waals surface area contributed by atoms with Gasteiger partial charge in [0.25, 0.3) is 0 Å². The fourth-order valence-electron chi connectivity index (χ4n) is 3.21. The van der Waals surface area contributed by atoms with E-state index >= 15 is 0 Å². The Morgan fingerprint density at radius 3 is 2.62 bits per heavy atom. The van der Waals surface area contributed by atoms with Gasteiger partial charge in [0, 0.05) is 24.0 Å². The molecule has 3 nitrogen and oxygen atoms in total. The quantitative estimate of drug-likeness (QED) is 0.460. The van der Waals surface area contributed by atoms with Crippen LogP contribution >= 0.6 is 32.9 Å². The predicted molar refractivity (Wildman–Crippen MR) is 108 cm³/mol. The number of nitrogens with zero attached hydrogens (tertiary/aromatic N) is 1. The van der Waals surface area contributed by atoms with Gasteiger partial charge < -0.3 is 15.1 Å². The van der Waals surface area contributed by atoms with Gasteiger partial charge in [0.1, 0.15) is 0 Å². The Labute approximate surface area is 161 Å². The molecule has 0 aliphatic carbocycles. The van der Waals surface area contributed by atoms with Crippen LogP contribution < -0.4 is 4.90 Å². The second-order valence-electron chi connectivity index (χ2n) is 5.93. The topological polar surface area (TPSA) is 43.7 Å². The number of hydrogen-bond acceptors (Lipinski definition) is 3. The second-order valence-corrected chi connectivity index (χ2v) is 6.72. The standard InChI is InChI=1S/C19H20BrNO2.BrH/c1-2-6-13-9-10-15-16(11-17(22)19(23)18(15)20)21(12-13)14-7-4-3-5-8-14;/h2-5,7-8,11,13,22-23H,1,6,9-10,12H2;1H. The van der Waals surface area contributed by atoms with Crippen LogP contribution in [0.4, 0.5) is 11.4 Å². The summed E-state index contributed by atoms with van der Waals surface area (Å²) in [6.07, 6.45) is 4.79. The van der Waals surface area contributed by atoms with Crippen LogP contribution in [0.25, 0.3) is 0 Å². The number of halogens is 2. The Morgan fingerprint density at radius 1 is 1.25 bits per heavy atom. The van der Waals surface area contributed by atoms with Gasteiger partial charge in [-0.05, 0) is 58.8 Å². The zero-order valence-corrected chi connectivity index (χ0v) is 16.6. The molecule has 0 bridgehead atoms. The van der Waals surface area contributed by atoms with Crippen molar-refractivity contribution in [3.63, 3.8) is 0 Å². The summed E-state index contributed by atoms with van der Waals surface area (Å²) in [5.74, 6) is 0.300. The Kier molecular flexibility index (Phi) is 6.35. The molecule has 0 saturated carbocycles. The molecule has 3 rings (SSSR count). The summed E-state index contributed by atoms with van der Waals surface area (Å²) in [5, 5.41) is 20.1. The Bertz CT molecular complexity index is 719. The molecule has 2 N–H and O–H groups in total. The maximum atomic E-state index is 10.1. The second kappa shape index (κ2) is 8.08. The van der Waals surface area contributed by atoms with E-state index in [-0.39, 0.29) is 28.5 Å². The van der Waals surface area contributed by atoms with Gasteiger partial charge in [-0.1, -0.05) is 24.3 Å². The molecule has 1 aliphatic heterocycles. The van der Waals surface area contributed by atoms with Crippen molar-refractivity contribution in [2.45, 2.75) is 19.3 Å². The molecule has 0 radical (unpaired) electrons. The van der Waals surface area contributed by atoms with Gasteiger partial charge in [-0.2, -0.15) is 0 Å². The minimum atomic E-state index is -0.0984. The zero-order chi connectivity index (χ0) is 16.4. The van der Waals surface area contributed by atoms with E-state index in [9.17, 15) is 10.2 Å². The molecular weight excluding hydrogens is 434 g/mol. The first kappa shape index (κ1) is 18.9. The highest BCUT2D eigenvalue weighted by Gasteiger charge is 2.26. The normalized spacial score (nSPS) is 16.7. The van der Waals surface area contributed by atoms with Crippen LogP contribution in [0.2, 0.25) is 0 Å². The number of phenolic OH excluding ortho intramolecular Hbond substituents is 2. The number of para-hydroxylation sites is 1. The number of allylic oxidation sites excluding steroid dienone is 1. The van der Waals surface area contributed by atoms with Crippen LogP contribution in [-0.4, -0.2) is 16.8 Å². The van der Waals surface area contributed by atoms with Crippen molar-refractivity contribution < 1.29 is 10.2 Å². The number of hydrogen-bond donors (Lipinski definition) is 2. The van der Waals surface area contributed by atoms with E-state index in [1.807, 2.05) is 24.3 Å². The highest BCUT2D eigenvalue weighted by Crippen LogP contribution is 2.46. The molecule has 1 aliphatic rings. The molecule has 1 unspecified atom stereocenters. The van der Waals surface area contributed by atoms with Crippen LogP contribution in [0.1, 0.15) is 18.4 Å². The number of anilines is 2. The number of aromatic hydroxyl groups is 2. The molecule has 2 aromatic carbocycles. The summed E-state index contributed by atoms with van der Waals surface area (Å²) in [5.41, 5.74) is 3.07. The first-order valence-corrected chi connectivity index (χ1v) is 8.58. The Balaban J connectivity index is 0.00000208. The zero-order valence-electron chi connectivity index (χ0n) is 13.3. The summed E-state index contributed by atoms with van der Waals surface area (Å²) in [6, 6.07) is 11.8. The van der Waals surface area contributed by atoms with Gasteiger partial charge in [0.05, 0.1) is 4.47 Å². The molecular formula is C19H21Br2NO2. The SMILES string of the molecule is Br.C=CCC1CCc2c(cc(O)c(O)c2Br)N(c2ccccc2)C1. The minimum absolute atomic E-state index is 0. The predicted octanol–water partition coefficient (Wildman–Crippen LogP) is 5.71. The summed E-state index contributed by atoms with van der Waals surface area (Å²) in [4.78, 5) is 2.22. The smallest absolute Gasteiger partial charge is 0.172 e. The first-order valence-electron chi connectivity index (χ1n) is 7.78. The van der Waals surface area contributed by atoms with Gasteiger partial charge in [-0.25, -0.2) is 0 Å². The monoisotopic (exact) mass is 453 g/mol. The lowest BCUT2D eigenvalue weighted by Gasteiger charge is -2.28. The van der Waals surface area contributed by atoms with Crippen molar-refractivity contribution >= 4 is 44.3 Å². The average Bonchev–Trinajstić information content (AvgIpc) is 2.74. The molecule has 1 heterocycles. The maximum absolute atomic E-state index is 10.1. The van der Waals surface area contributed by atoms with E-state index in [4.69, 9.17) is 0 Å². The summed E-state index contributed by atoms with van der Waals surface area (Å²) >= 11 is 3.45. The maximum Gasteiger partial charge on any atom is 0.172 e. The van der Waals surface area contributed by atoms with Crippen LogP contribution in [0.3, 0.4) is 0 Å². The fourth-order valence-corrected chi connectivity index (χ4v) is 3.81. The van der Waals surface area contributed by atoms with Crippen molar-refractivity contribution in [2.75, 3.05) is 11.4 Å². The lowest BCUT2D eigenvalue weighted by Crippen LogP contribution is -2.23. The van der Waals surface area contributed by atoms with Crippen molar-refractivity contribution in [2.24, 2.45) is 5.92 Å². The van der Waals surface area contributed by atoms with E-state index in [1.165, 1.54) is 0 Å². The van der Waals surface area contributed by atoms with Crippen LogP contribution in [0.15, 0.2) is 53.5 Å². The van der Waals surface area contributed by atoms with E-state index in [2.05, 4.69) is 39.5 Å². The number of benzene rings is 2. The minimum Gasteiger partial charge on any atom is -0.504 e. The fraction of sp³-hybridized carbons (Fsp3) is 0.263. The lowest BCUT2D eigenvalue weighted by molar-refractivity contribution is 0.401. The third kappa shape index (κ3) is 3.62. The Morgan fingerprint density at radius 2 is 1.96 bits per heavy atom.